The number of carbonyl (C=O) groups is 1. The van der Waals surface area contributed by atoms with Gasteiger partial charge in [0.05, 0.1) is 18.3 Å². The van der Waals surface area contributed by atoms with Gasteiger partial charge in [0, 0.05) is 5.56 Å². The molecule has 2 aromatic rings. The summed E-state index contributed by atoms with van der Waals surface area (Å²) < 4.78 is 19.2. The zero-order chi connectivity index (χ0) is 15.6. The fourth-order valence-corrected chi connectivity index (χ4v) is 1.90. The summed E-state index contributed by atoms with van der Waals surface area (Å²) >= 11 is 11.3. The zero-order valence-corrected chi connectivity index (χ0v) is 12.3. The van der Waals surface area contributed by atoms with Crippen LogP contribution in [-0.4, -0.2) is 22.7 Å². The SMILES string of the molecule is COc1ccc(C(=O)Cn2ncc(Cl)c(Cl)c2=O)cc1F. The Hall–Kier alpha value is -1.92. The summed E-state index contributed by atoms with van der Waals surface area (Å²) in [7, 11) is 1.32. The van der Waals surface area contributed by atoms with Crippen molar-refractivity contribution in [3.05, 3.63) is 56.2 Å². The third-order valence-electron chi connectivity index (χ3n) is 2.71. The van der Waals surface area contributed by atoms with E-state index in [4.69, 9.17) is 27.9 Å². The van der Waals surface area contributed by atoms with Gasteiger partial charge in [-0.15, -0.1) is 0 Å². The predicted molar refractivity (Wildman–Crippen MR) is 75.8 cm³/mol. The molecular formula is C13H9Cl2FN2O3. The lowest BCUT2D eigenvalue weighted by Crippen LogP contribution is -2.27. The minimum atomic E-state index is -0.688. The van der Waals surface area contributed by atoms with Crippen LogP contribution in [0.4, 0.5) is 4.39 Å². The Morgan fingerprint density at radius 2 is 2.14 bits per heavy atom. The molecule has 0 atom stereocenters. The first kappa shape index (κ1) is 15.5. The summed E-state index contributed by atoms with van der Waals surface area (Å²) in [5.74, 6) is -1.14. The lowest BCUT2D eigenvalue weighted by Gasteiger charge is -2.06. The van der Waals surface area contributed by atoms with Crippen molar-refractivity contribution in [2.75, 3.05) is 7.11 Å². The molecule has 0 N–H and O–H groups in total. The first-order valence-corrected chi connectivity index (χ1v) is 6.47. The van der Waals surface area contributed by atoms with Gasteiger partial charge >= 0.3 is 0 Å². The third kappa shape index (κ3) is 3.22. The molecule has 0 aliphatic heterocycles. The molecule has 110 valence electrons. The smallest absolute Gasteiger partial charge is 0.287 e. The quantitative estimate of drug-likeness (QED) is 0.808. The minimum Gasteiger partial charge on any atom is -0.494 e. The molecule has 0 spiro atoms. The molecule has 0 unspecified atom stereocenters. The van der Waals surface area contributed by atoms with E-state index in [1.807, 2.05) is 0 Å². The van der Waals surface area contributed by atoms with Gasteiger partial charge < -0.3 is 4.74 Å². The molecule has 21 heavy (non-hydrogen) atoms. The van der Waals surface area contributed by atoms with E-state index >= 15 is 0 Å². The molecule has 1 aromatic heterocycles. The van der Waals surface area contributed by atoms with E-state index in [0.29, 0.717) is 0 Å². The second kappa shape index (κ2) is 6.24. The van der Waals surface area contributed by atoms with Crippen LogP contribution in [-0.2, 0) is 6.54 Å². The van der Waals surface area contributed by atoms with Crippen molar-refractivity contribution in [2.45, 2.75) is 6.54 Å². The Kier molecular flexibility index (Phi) is 4.59. The number of benzene rings is 1. The number of halogens is 3. The molecule has 1 heterocycles. The molecule has 1 aromatic carbocycles. The van der Waals surface area contributed by atoms with E-state index in [9.17, 15) is 14.0 Å². The maximum absolute atomic E-state index is 13.5. The summed E-state index contributed by atoms with van der Waals surface area (Å²) in [5, 5.41) is 3.49. The second-order valence-electron chi connectivity index (χ2n) is 4.04. The molecule has 0 saturated heterocycles. The van der Waals surface area contributed by atoms with Crippen LogP contribution in [0.25, 0.3) is 0 Å². The number of aromatic nitrogens is 2. The molecule has 0 aliphatic rings. The second-order valence-corrected chi connectivity index (χ2v) is 4.83. The maximum atomic E-state index is 13.5. The number of rotatable bonds is 4. The first-order chi connectivity index (χ1) is 9.93. The van der Waals surface area contributed by atoms with E-state index in [-0.39, 0.29) is 27.9 Å². The van der Waals surface area contributed by atoms with Crippen molar-refractivity contribution < 1.29 is 13.9 Å². The van der Waals surface area contributed by atoms with Gasteiger partial charge in [0.1, 0.15) is 11.6 Å². The van der Waals surface area contributed by atoms with E-state index in [1.54, 1.807) is 0 Å². The van der Waals surface area contributed by atoms with Crippen LogP contribution in [0.1, 0.15) is 10.4 Å². The van der Waals surface area contributed by atoms with Crippen molar-refractivity contribution >= 4 is 29.0 Å². The maximum Gasteiger partial charge on any atom is 0.287 e. The Bertz CT molecular complexity index is 762. The van der Waals surface area contributed by atoms with Crippen molar-refractivity contribution in [1.82, 2.24) is 9.78 Å². The summed E-state index contributed by atoms with van der Waals surface area (Å²) in [4.78, 5) is 23.8. The van der Waals surface area contributed by atoms with Crippen LogP contribution < -0.4 is 10.3 Å². The molecule has 2 rings (SSSR count). The first-order valence-electron chi connectivity index (χ1n) is 5.72. The van der Waals surface area contributed by atoms with Gasteiger partial charge in [-0.2, -0.15) is 5.10 Å². The predicted octanol–water partition coefficient (Wildman–Crippen LogP) is 2.58. The fourth-order valence-electron chi connectivity index (χ4n) is 1.62. The van der Waals surface area contributed by atoms with Gasteiger partial charge in [0.2, 0.25) is 0 Å². The normalized spacial score (nSPS) is 10.5. The number of Topliss-reactive ketones (excluding diaryl/α,β-unsaturated/α-hetero) is 1. The van der Waals surface area contributed by atoms with Gasteiger partial charge in [-0.1, -0.05) is 23.2 Å². The minimum absolute atomic E-state index is 0.000794. The van der Waals surface area contributed by atoms with Crippen LogP contribution in [0.2, 0.25) is 10.0 Å². The molecule has 0 bridgehead atoms. The number of ether oxygens (including phenoxy) is 1. The van der Waals surface area contributed by atoms with Crippen LogP contribution >= 0.6 is 23.2 Å². The standard InChI is InChI=1S/C13H9Cl2FN2O3/c1-21-11-3-2-7(4-9(11)16)10(19)6-18-13(20)12(15)8(14)5-17-18/h2-5H,6H2,1H3. The lowest BCUT2D eigenvalue weighted by molar-refractivity contribution is 0.0965. The molecule has 5 nitrogen and oxygen atoms in total. The van der Waals surface area contributed by atoms with Crippen LogP contribution in [0.3, 0.4) is 0 Å². The third-order valence-corrected chi connectivity index (χ3v) is 3.46. The summed E-state index contributed by atoms with van der Waals surface area (Å²) in [6.45, 7) is -0.374. The highest BCUT2D eigenvalue weighted by molar-refractivity contribution is 6.41. The lowest BCUT2D eigenvalue weighted by atomic mass is 10.1. The Morgan fingerprint density at radius 1 is 1.43 bits per heavy atom. The molecule has 0 aliphatic carbocycles. The van der Waals surface area contributed by atoms with E-state index in [0.717, 1.165) is 16.9 Å². The van der Waals surface area contributed by atoms with E-state index < -0.39 is 17.2 Å². The highest BCUT2D eigenvalue weighted by Crippen LogP contribution is 2.18. The van der Waals surface area contributed by atoms with Crippen molar-refractivity contribution in [2.24, 2.45) is 0 Å². The number of carbonyl (C=O) groups excluding carboxylic acids is 1. The van der Waals surface area contributed by atoms with Crippen LogP contribution in [0, 0.1) is 5.82 Å². The van der Waals surface area contributed by atoms with Gasteiger partial charge in [0.25, 0.3) is 5.56 Å². The highest BCUT2D eigenvalue weighted by Gasteiger charge is 2.14. The van der Waals surface area contributed by atoms with Crippen molar-refractivity contribution in [3.8, 4) is 5.75 Å². The molecule has 0 radical (unpaired) electrons. The summed E-state index contributed by atoms with van der Waals surface area (Å²) in [6.07, 6.45) is 1.16. The Labute approximate surface area is 128 Å². The summed E-state index contributed by atoms with van der Waals surface area (Å²) in [5.41, 5.74) is -0.598. The van der Waals surface area contributed by atoms with Gasteiger partial charge in [-0.05, 0) is 18.2 Å². The number of nitrogens with zero attached hydrogens (tertiary/aromatic N) is 2. The monoisotopic (exact) mass is 330 g/mol. The molecular weight excluding hydrogens is 322 g/mol. The van der Waals surface area contributed by atoms with Crippen molar-refractivity contribution in [3.63, 3.8) is 0 Å². The fraction of sp³-hybridized carbons (Fsp3) is 0.154. The molecule has 0 amide bonds. The number of hydrogen-bond acceptors (Lipinski definition) is 4. The molecule has 8 heteroatoms. The van der Waals surface area contributed by atoms with E-state index in [2.05, 4.69) is 5.10 Å². The zero-order valence-electron chi connectivity index (χ0n) is 10.8. The molecule has 0 saturated carbocycles. The number of hydrogen-bond donors (Lipinski definition) is 0. The van der Waals surface area contributed by atoms with Gasteiger partial charge in [-0.3, -0.25) is 9.59 Å². The Balaban J connectivity index is 2.28. The number of methoxy groups -OCH3 is 1. The van der Waals surface area contributed by atoms with Crippen LogP contribution in [0.5, 0.6) is 5.75 Å². The average molecular weight is 331 g/mol. The van der Waals surface area contributed by atoms with Crippen molar-refractivity contribution in [1.29, 1.82) is 0 Å². The summed E-state index contributed by atoms with van der Waals surface area (Å²) in [6, 6.07) is 3.75. The molecule has 0 fully saturated rings. The van der Waals surface area contributed by atoms with E-state index in [1.165, 1.54) is 19.2 Å². The Morgan fingerprint density at radius 3 is 2.76 bits per heavy atom. The topological polar surface area (TPSA) is 61.2 Å². The highest BCUT2D eigenvalue weighted by atomic mass is 35.5. The van der Waals surface area contributed by atoms with Crippen LogP contribution in [0.15, 0.2) is 29.2 Å². The van der Waals surface area contributed by atoms with Gasteiger partial charge in [0.15, 0.2) is 17.3 Å². The largest absolute Gasteiger partial charge is 0.494 e. The van der Waals surface area contributed by atoms with Gasteiger partial charge in [-0.25, -0.2) is 9.07 Å². The average Bonchev–Trinajstić information content (AvgIpc) is 2.47. The number of ketones is 1.